The standard InChI is InChI=1S/C14H19NO2/c1-17-11-6-5-10-7-13(16)14(9-3-2-4-9)15-12(10)8-11/h5-6,8-9,13-16H,2-4,7H2,1H3. The minimum absolute atomic E-state index is 0.225. The Labute approximate surface area is 102 Å². The van der Waals surface area contributed by atoms with Gasteiger partial charge in [-0.3, -0.25) is 0 Å². The Morgan fingerprint density at radius 1 is 1.35 bits per heavy atom. The van der Waals surface area contributed by atoms with Crippen molar-refractivity contribution in [3.63, 3.8) is 0 Å². The molecule has 0 radical (unpaired) electrons. The molecule has 1 aromatic carbocycles. The molecule has 1 aliphatic heterocycles. The van der Waals surface area contributed by atoms with Crippen LogP contribution in [0.3, 0.4) is 0 Å². The van der Waals surface area contributed by atoms with Crippen LogP contribution < -0.4 is 10.1 Å². The Bertz CT molecular complexity index is 415. The molecule has 2 unspecified atom stereocenters. The maximum atomic E-state index is 10.2. The summed E-state index contributed by atoms with van der Waals surface area (Å²) in [6.45, 7) is 0. The maximum absolute atomic E-state index is 10.2. The van der Waals surface area contributed by atoms with Gasteiger partial charge in [-0.2, -0.15) is 0 Å². The van der Waals surface area contributed by atoms with Crippen molar-refractivity contribution in [2.45, 2.75) is 37.8 Å². The van der Waals surface area contributed by atoms with E-state index in [0.717, 1.165) is 17.9 Å². The normalized spacial score (nSPS) is 27.9. The molecular weight excluding hydrogens is 214 g/mol. The van der Waals surface area contributed by atoms with Gasteiger partial charge >= 0.3 is 0 Å². The number of aliphatic hydroxyl groups is 1. The highest BCUT2D eigenvalue weighted by atomic mass is 16.5. The predicted molar refractivity (Wildman–Crippen MR) is 67.5 cm³/mol. The number of hydrogen-bond donors (Lipinski definition) is 2. The highest BCUT2D eigenvalue weighted by Crippen LogP contribution is 2.37. The minimum atomic E-state index is -0.249. The first-order valence-corrected chi connectivity index (χ1v) is 6.39. The van der Waals surface area contributed by atoms with Crippen molar-refractivity contribution in [2.75, 3.05) is 12.4 Å². The van der Waals surface area contributed by atoms with Crippen LogP contribution in [0.15, 0.2) is 18.2 Å². The second-order valence-corrected chi connectivity index (χ2v) is 5.16. The number of fused-ring (bicyclic) bond motifs is 1. The molecule has 17 heavy (non-hydrogen) atoms. The lowest BCUT2D eigenvalue weighted by molar-refractivity contribution is 0.0961. The summed E-state index contributed by atoms with van der Waals surface area (Å²) in [5, 5.41) is 13.7. The van der Waals surface area contributed by atoms with E-state index in [-0.39, 0.29) is 12.1 Å². The molecule has 2 N–H and O–H groups in total. The van der Waals surface area contributed by atoms with Gasteiger partial charge in [0.2, 0.25) is 0 Å². The summed E-state index contributed by atoms with van der Waals surface area (Å²) < 4.78 is 5.24. The van der Waals surface area contributed by atoms with E-state index in [4.69, 9.17) is 4.74 Å². The summed E-state index contributed by atoms with van der Waals surface area (Å²) in [5.74, 6) is 1.52. The zero-order valence-corrected chi connectivity index (χ0v) is 10.1. The van der Waals surface area contributed by atoms with Crippen LogP contribution in [0.2, 0.25) is 0 Å². The van der Waals surface area contributed by atoms with Crippen LogP contribution in [-0.4, -0.2) is 24.4 Å². The molecule has 1 aromatic rings. The molecule has 3 rings (SSSR count). The second kappa shape index (κ2) is 4.22. The molecule has 0 saturated heterocycles. The molecule has 0 spiro atoms. The molecule has 0 aromatic heterocycles. The molecule has 1 saturated carbocycles. The average molecular weight is 233 g/mol. The van der Waals surface area contributed by atoms with Crippen molar-refractivity contribution in [3.05, 3.63) is 23.8 Å². The molecule has 3 nitrogen and oxygen atoms in total. The number of methoxy groups -OCH3 is 1. The lowest BCUT2D eigenvalue weighted by Gasteiger charge is -2.41. The van der Waals surface area contributed by atoms with Gasteiger partial charge < -0.3 is 15.2 Å². The lowest BCUT2D eigenvalue weighted by Crippen LogP contribution is -2.46. The maximum Gasteiger partial charge on any atom is 0.120 e. The Kier molecular flexibility index (Phi) is 2.71. The van der Waals surface area contributed by atoms with E-state index in [0.29, 0.717) is 5.92 Å². The van der Waals surface area contributed by atoms with Gasteiger partial charge in [0.05, 0.1) is 19.3 Å². The molecule has 92 valence electrons. The minimum Gasteiger partial charge on any atom is -0.497 e. The largest absolute Gasteiger partial charge is 0.497 e. The highest BCUT2D eigenvalue weighted by molar-refractivity contribution is 5.58. The Morgan fingerprint density at radius 3 is 2.82 bits per heavy atom. The first kappa shape index (κ1) is 10.9. The van der Waals surface area contributed by atoms with Gasteiger partial charge in [0, 0.05) is 18.2 Å². The smallest absolute Gasteiger partial charge is 0.120 e. The molecular formula is C14H19NO2. The first-order chi connectivity index (χ1) is 8.28. The van der Waals surface area contributed by atoms with E-state index >= 15 is 0 Å². The number of aliphatic hydroxyl groups excluding tert-OH is 1. The lowest BCUT2D eigenvalue weighted by atomic mass is 9.75. The van der Waals surface area contributed by atoms with E-state index in [2.05, 4.69) is 5.32 Å². The van der Waals surface area contributed by atoms with Crippen LogP contribution in [0.4, 0.5) is 5.69 Å². The zero-order valence-electron chi connectivity index (χ0n) is 10.1. The van der Waals surface area contributed by atoms with Crippen molar-refractivity contribution in [3.8, 4) is 5.75 Å². The SMILES string of the molecule is COc1ccc2c(c1)NC(C1CCC1)C(O)C2. The molecule has 0 amide bonds. The first-order valence-electron chi connectivity index (χ1n) is 6.39. The molecule has 1 fully saturated rings. The summed E-state index contributed by atoms with van der Waals surface area (Å²) in [7, 11) is 1.68. The highest BCUT2D eigenvalue weighted by Gasteiger charge is 2.35. The number of nitrogens with one attached hydrogen (secondary N) is 1. The van der Waals surface area contributed by atoms with Crippen LogP contribution in [0.1, 0.15) is 24.8 Å². The fourth-order valence-electron chi connectivity index (χ4n) is 2.85. The summed E-state index contributed by atoms with van der Waals surface area (Å²) in [4.78, 5) is 0. The van der Waals surface area contributed by atoms with Gasteiger partial charge in [-0.25, -0.2) is 0 Å². The second-order valence-electron chi connectivity index (χ2n) is 5.16. The van der Waals surface area contributed by atoms with Crippen molar-refractivity contribution in [1.29, 1.82) is 0 Å². The van der Waals surface area contributed by atoms with Crippen LogP contribution in [0, 0.1) is 5.92 Å². The third kappa shape index (κ3) is 1.89. The fourth-order valence-corrected chi connectivity index (χ4v) is 2.85. The zero-order chi connectivity index (χ0) is 11.8. The summed E-state index contributed by atoms with van der Waals surface area (Å²) in [6, 6.07) is 6.26. The topological polar surface area (TPSA) is 41.5 Å². The van der Waals surface area contributed by atoms with E-state index in [1.807, 2.05) is 18.2 Å². The van der Waals surface area contributed by atoms with Gasteiger partial charge in [0.1, 0.15) is 5.75 Å². The molecule has 1 aliphatic carbocycles. The van der Waals surface area contributed by atoms with Gasteiger partial charge in [-0.1, -0.05) is 12.5 Å². The van der Waals surface area contributed by atoms with Crippen molar-refractivity contribution in [2.24, 2.45) is 5.92 Å². The van der Waals surface area contributed by atoms with Crippen LogP contribution in [-0.2, 0) is 6.42 Å². The van der Waals surface area contributed by atoms with Gasteiger partial charge in [0.25, 0.3) is 0 Å². The van der Waals surface area contributed by atoms with E-state index in [1.54, 1.807) is 7.11 Å². The summed E-state index contributed by atoms with van der Waals surface area (Å²) >= 11 is 0. The monoisotopic (exact) mass is 233 g/mol. The third-order valence-electron chi connectivity index (χ3n) is 4.14. The van der Waals surface area contributed by atoms with Gasteiger partial charge in [0.15, 0.2) is 0 Å². The third-order valence-corrected chi connectivity index (χ3v) is 4.14. The van der Waals surface area contributed by atoms with E-state index in [9.17, 15) is 5.11 Å². The fraction of sp³-hybridized carbons (Fsp3) is 0.571. The van der Waals surface area contributed by atoms with Crippen molar-refractivity contribution in [1.82, 2.24) is 0 Å². The van der Waals surface area contributed by atoms with Crippen LogP contribution in [0.5, 0.6) is 5.75 Å². The van der Waals surface area contributed by atoms with Crippen LogP contribution in [0.25, 0.3) is 0 Å². The quantitative estimate of drug-likeness (QED) is 0.822. The average Bonchev–Trinajstić information content (AvgIpc) is 2.27. The number of benzene rings is 1. The predicted octanol–water partition coefficient (Wildman–Crippen LogP) is 2.19. The van der Waals surface area contributed by atoms with Crippen LogP contribution >= 0.6 is 0 Å². The van der Waals surface area contributed by atoms with Gasteiger partial charge in [-0.05, 0) is 30.4 Å². The Hall–Kier alpha value is -1.22. The Morgan fingerprint density at radius 2 is 2.18 bits per heavy atom. The molecule has 3 heteroatoms. The number of ether oxygens (including phenoxy) is 1. The summed E-state index contributed by atoms with van der Waals surface area (Å²) in [6.07, 6.45) is 4.30. The summed E-state index contributed by atoms with van der Waals surface area (Å²) in [5.41, 5.74) is 2.32. The Balaban J connectivity index is 1.85. The number of hydrogen-bond acceptors (Lipinski definition) is 3. The molecule has 0 bridgehead atoms. The number of anilines is 1. The van der Waals surface area contributed by atoms with Gasteiger partial charge in [-0.15, -0.1) is 0 Å². The number of rotatable bonds is 2. The van der Waals surface area contributed by atoms with E-state index in [1.165, 1.54) is 24.8 Å². The molecule has 2 atom stereocenters. The van der Waals surface area contributed by atoms with Crippen molar-refractivity contribution >= 4 is 5.69 Å². The molecule has 1 heterocycles. The molecule has 2 aliphatic rings. The van der Waals surface area contributed by atoms with E-state index < -0.39 is 0 Å². The van der Waals surface area contributed by atoms with Crippen molar-refractivity contribution < 1.29 is 9.84 Å².